The number of carbonyl (C=O) groups excluding carboxylic acids is 2. The summed E-state index contributed by atoms with van der Waals surface area (Å²) in [6.45, 7) is 5.76. The van der Waals surface area contributed by atoms with Gasteiger partial charge in [0.15, 0.2) is 0 Å². The summed E-state index contributed by atoms with van der Waals surface area (Å²) in [6, 6.07) is 11.8. The van der Waals surface area contributed by atoms with E-state index in [1.165, 1.54) is 5.56 Å². The Morgan fingerprint density at radius 2 is 1.62 bits per heavy atom. The number of piperidine rings is 1. The van der Waals surface area contributed by atoms with Crippen molar-refractivity contribution in [3.05, 3.63) is 58.2 Å². The maximum atomic E-state index is 13.6. The van der Waals surface area contributed by atoms with Gasteiger partial charge >= 0.3 is 0 Å². The summed E-state index contributed by atoms with van der Waals surface area (Å²) in [7, 11) is 2.05. The number of benzene rings is 1. The molecule has 3 heterocycles. The molecule has 3 aliphatic rings. The highest BCUT2D eigenvalue weighted by Gasteiger charge is 2.48. The number of nitrogens with zero attached hydrogens (tertiary/aromatic N) is 4. The molecule has 0 radical (unpaired) electrons. The van der Waals surface area contributed by atoms with Crippen molar-refractivity contribution in [3.8, 4) is 0 Å². The van der Waals surface area contributed by atoms with Crippen LogP contribution in [0, 0.1) is 23.2 Å². The lowest BCUT2D eigenvalue weighted by Gasteiger charge is -2.34. The molecule has 1 aliphatic carbocycles. The third-order valence-electron chi connectivity index (χ3n) is 8.56. The molecule has 3 fully saturated rings. The van der Waals surface area contributed by atoms with Crippen molar-refractivity contribution in [2.75, 3.05) is 44.7 Å². The SMILES string of the molecule is CN(C[C@H]1CN(C(=O)C2CCN(C(=O)C3(C)CC3)CC2)CC1Cc1ccc(Cl)cc1)c1ccc(Cl)cn1. The van der Waals surface area contributed by atoms with Crippen LogP contribution in [0.5, 0.6) is 0 Å². The molecule has 2 aliphatic heterocycles. The first-order chi connectivity index (χ1) is 17.7. The van der Waals surface area contributed by atoms with Crippen molar-refractivity contribution < 1.29 is 9.59 Å². The first kappa shape index (κ1) is 26.3. The van der Waals surface area contributed by atoms with Crippen LogP contribution in [0.15, 0.2) is 42.6 Å². The van der Waals surface area contributed by atoms with Gasteiger partial charge in [-0.25, -0.2) is 4.98 Å². The minimum Gasteiger partial charge on any atom is -0.359 e. The van der Waals surface area contributed by atoms with E-state index in [0.717, 1.165) is 62.6 Å². The molecule has 2 aromatic rings. The minimum absolute atomic E-state index is 0.00153. The predicted octanol–water partition coefficient (Wildman–Crippen LogP) is 5.18. The monoisotopic (exact) mass is 542 g/mol. The molecule has 1 aromatic heterocycles. The number of hydrogen-bond donors (Lipinski definition) is 0. The maximum Gasteiger partial charge on any atom is 0.228 e. The number of pyridine rings is 1. The van der Waals surface area contributed by atoms with E-state index in [0.29, 0.717) is 29.9 Å². The summed E-state index contributed by atoms with van der Waals surface area (Å²) < 4.78 is 0. The Balaban J connectivity index is 1.24. The Kier molecular flexibility index (Phi) is 7.69. The van der Waals surface area contributed by atoms with Gasteiger partial charge in [0.2, 0.25) is 11.8 Å². The molecule has 0 N–H and O–H groups in total. The normalized spacial score (nSPS) is 23.2. The van der Waals surface area contributed by atoms with Crippen molar-refractivity contribution >= 4 is 40.8 Å². The number of anilines is 1. The average Bonchev–Trinajstić information content (AvgIpc) is 3.54. The van der Waals surface area contributed by atoms with Crippen molar-refractivity contribution in [3.63, 3.8) is 0 Å². The number of halogens is 2. The van der Waals surface area contributed by atoms with Gasteiger partial charge in [0.05, 0.1) is 5.02 Å². The lowest BCUT2D eigenvalue weighted by Crippen LogP contribution is -2.46. The molecular formula is C29H36Cl2N4O2. The van der Waals surface area contributed by atoms with Gasteiger partial charge in [0.1, 0.15) is 5.82 Å². The van der Waals surface area contributed by atoms with Crippen LogP contribution in [0.3, 0.4) is 0 Å². The van der Waals surface area contributed by atoms with E-state index in [4.69, 9.17) is 23.2 Å². The third kappa shape index (κ3) is 6.06. The summed E-state index contributed by atoms with van der Waals surface area (Å²) in [4.78, 5) is 37.1. The number of hydrogen-bond acceptors (Lipinski definition) is 4. The van der Waals surface area contributed by atoms with Crippen LogP contribution in [0.25, 0.3) is 0 Å². The largest absolute Gasteiger partial charge is 0.359 e. The molecule has 6 nitrogen and oxygen atoms in total. The third-order valence-corrected chi connectivity index (χ3v) is 9.03. The molecule has 1 unspecified atom stereocenters. The first-order valence-corrected chi connectivity index (χ1v) is 14.1. The van der Waals surface area contributed by atoms with Gasteiger partial charge in [0.25, 0.3) is 0 Å². The molecule has 0 spiro atoms. The van der Waals surface area contributed by atoms with Crippen LogP contribution >= 0.6 is 23.2 Å². The number of amides is 2. The van der Waals surface area contributed by atoms with Gasteiger partial charge in [-0.15, -0.1) is 0 Å². The van der Waals surface area contributed by atoms with Crippen LogP contribution in [0.1, 0.15) is 38.2 Å². The number of likely N-dealkylation sites (tertiary alicyclic amines) is 2. The van der Waals surface area contributed by atoms with Gasteiger partial charge in [-0.3, -0.25) is 9.59 Å². The Hall–Kier alpha value is -2.31. The van der Waals surface area contributed by atoms with Crippen LogP contribution in [-0.4, -0.2) is 66.4 Å². The van der Waals surface area contributed by atoms with E-state index >= 15 is 0 Å². The standard InChI is InChI=1S/C29H36Cl2N4O2/c1-29(11-12-29)28(37)34-13-9-21(10-14-34)27(36)35-18-22(15-20-3-5-24(30)6-4-20)23(19-35)17-33(2)26-8-7-25(31)16-32-26/h3-8,16,21-23H,9-15,17-19H2,1-2H3/t22?,23-/m0/s1. The molecule has 1 saturated carbocycles. The molecule has 2 saturated heterocycles. The second kappa shape index (κ2) is 10.8. The zero-order chi connectivity index (χ0) is 26.2. The van der Waals surface area contributed by atoms with E-state index in [1.54, 1.807) is 6.20 Å². The molecule has 1 aromatic carbocycles. The molecule has 2 amide bonds. The second-order valence-electron chi connectivity index (χ2n) is 11.4. The summed E-state index contributed by atoms with van der Waals surface area (Å²) in [5.74, 6) is 2.07. The lowest BCUT2D eigenvalue weighted by atomic mass is 9.89. The van der Waals surface area contributed by atoms with E-state index in [1.807, 2.05) is 36.2 Å². The summed E-state index contributed by atoms with van der Waals surface area (Å²) >= 11 is 12.1. The van der Waals surface area contributed by atoms with E-state index in [2.05, 4.69) is 33.8 Å². The fraction of sp³-hybridized carbons (Fsp3) is 0.552. The summed E-state index contributed by atoms with van der Waals surface area (Å²) in [5, 5.41) is 1.35. The lowest BCUT2D eigenvalue weighted by molar-refractivity contribution is -0.142. The fourth-order valence-electron chi connectivity index (χ4n) is 5.89. The Morgan fingerprint density at radius 1 is 0.973 bits per heavy atom. The van der Waals surface area contributed by atoms with Gasteiger partial charge < -0.3 is 14.7 Å². The number of aromatic nitrogens is 1. The molecule has 5 rings (SSSR count). The van der Waals surface area contributed by atoms with Crippen molar-refractivity contribution in [2.45, 2.75) is 39.0 Å². The average molecular weight is 544 g/mol. The quantitative estimate of drug-likeness (QED) is 0.483. The maximum absolute atomic E-state index is 13.6. The molecule has 37 heavy (non-hydrogen) atoms. The zero-order valence-electron chi connectivity index (χ0n) is 21.7. The van der Waals surface area contributed by atoms with Crippen molar-refractivity contribution in [1.29, 1.82) is 0 Å². The van der Waals surface area contributed by atoms with Crippen LogP contribution in [0.2, 0.25) is 10.0 Å². The van der Waals surface area contributed by atoms with Gasteiger partial charge in [-0.1, -0.05) is 42.3 Å². The Morgan fingerprint density at radius 3 is 2.24 bits per heavy atom. The van der Waals surface area contributed by atoms with Crippen LogP contribution in [0.4, 0.5) is 5.82 Å². The van der Waals surface area contributed by atoms with E-state index < -0.39 is 0 Å². The molecule has 198 valence electrons. The highest BCUT2D eigenvalue weighted by Crippen LogP contribution is 2.47. The number of carbonyl (C=O) groups is 2. The van der Waals surface area contributed by atoms with Gasteiger partial charge in [-0.2, -0.15) is 0 Å². The van der Waals surface area contributed by atoms with Crippen LogP contribution < -0.4 is 4.90 Å². The number of rotatable bonds is 7. The minimum atomic E-state index is -0.140. The zero-order valence-corrected chi connectivity index (χ0v) is 23.2. The summed E-state index contributed by atoms with van der Waals surface area (Å²) in [6.07, 6.45) is 6.09. The van der Waals surface area contributed by atoms with Crippen molar-refractivity contribution in [1.82, 2.24) is 14.8 Å². The van der Waals surface area contributed by atoms with E-state index in [9.17, 15) is 9.59 Å². The van der Waals surface area contributed by atoms with Crippen molar-refractivity contribution in [2.24, 2.45) is 23.2 Å². The molecule has 2 atom stereocenters. The molecular weight excluding hydrogens is 507 g/mol. The smallest absolute Gasteiger partial charge is 0.228 e. The fourth-order valence-corrected chi connectivity index (χ4v) is 6.13. The topological polar surface area (TPSA) is 56.8 Å². The van der Waals surface area contributed by atoms with Gasteiger partial charge in [-0.05, 0) is 73.8 Å². The predicted molar refractivity (Wildman–Crippen MR) is 148 cm³/mol. The Labute approximate surface area is 229 Å². The molecule has 8 heteroatoms. The summed E-state index contributed by atoms with van der Waals surface area (Å²) in [5.41, 5.74) is 1.10. The highest BCUT2D eigenvalue weighted by molar-refractivity contribution is 6.30. The Bertz CT molecular complexity index is 1110. The first-order valence-electron chi connectivity index (χ1n) is 13.4. The van der Waals surface area contributed by atoms with Gasteiger partial charge in [0, 0.05) is 62.3 Å². The van der Waals surface area contributed by atoms with Crippen LogP contribution in [-0.2, 0) is 16.0 Å². The molecule has 0 bridgehead atoms. The van der Waals surface area contributed by atoms with E-state index in [-0.39, 0.29) is 23.1 Å². The highest BCUT2D eigenvalue weighted by atomic mass is 35.5. The second-order valence-corrected chi connectivity index (χ2v) is 12.3.